The summed E-state index contributed by atoms with van der Waals surface area (Å²) in [6.45, 7) is 10.9. The zero-order valence-electron chi connectivity index (χ0n) is 18.0. The van der Waals surface area contributed by atoms with Gasteiger partial charge in [0.05, 0.1) is 0 Å². The van der Waals surface area contributed by atoms with Gasteiger partial charge in [0.15, 0.2) is 0 Å². The molecule has 0 aromatic carbocycles. The van der Waals surface area contributed by atoms with Crippen molar-refractivity contribution in [3.63, 3.8) is 0 Å². The average Bonchev–Trinajstić information content (AvgIpc) is 3.06. The van der Waals surface area contributed by atoms with Crippen LogP contribution in [-0.4, -0.2) is 38.8 Å². The molecule has 0 amide bonds. The minimum absolute atomic E-state index is 0.118. The van der Waals surface area contributed by atoms with Crippen LogP contribution in [0.15, 0.2) is 6.07 Å². The zero-order valence-corrected chi connectivity index (χ0v) is 22.5. The Morgan fingerprint density at radius 2 is 1.33 bits per heavy atom. The van der Waals surface area contributed by atoms with E-state index in [1.807, 2.05) is 0 Å². The Morgan fingerprint density at radius 3 is 1.85 bits per heavy atom. The summed E-state index contributed by atoms with van der Waals surface area (Å²) in [4.78, 5) is 0. The third-order valence-corrected chi connectivity index (χ3v) is 11.0. The molecule has 0 unspecified atom stereocenters. The molecule has 1 aromatic rings. The van der Waals surface area contributed by atoms with Crippen LogP contribution in [0, 0.1) is 1.59 Å². The molecule has 1 aliphatic heterocycles. The summed E-state index contributed by atoms with van der Waals surface area (Å²) in [5.74, 6) is 0. The van der Waals surface area contributed by atoms with Gasteiger partial charge in [-0.15, -0.1) is 0 Å². The molecule has 1 saturated heterocycles. The van der Waals surface area contributed by atoms with E-state index in [1.165, 1.54) is 74.1 Å². The monoisotopic (exact) mass is 602 g/mol. The molecule has 154 valence electrons. The van der Waals surface area contributed by atoms with Crippen molar-refractivity contribution in [2.24, 2.45) is 0 Å². The Hall–Kier alpha value is 0.985. The van der Waals surface area contributed by atoms with E-state index in [2.05, 4.69) is 63.3 Å². The van der Waals surface area contributed by atoms with Crippen molar-refractivity contribution in [1.29, 1.82) is 0 Å². The van der Waals surface area contributed by atoms with Crippen LogP contribution in [0.1, 0.15) is 104 Å². The van der Waals surface area contributed by atoms with Gasteiger partial charge in [-0.1, -0.05) is 13.3 Å². The van der Waals surface area contributed by atoms with Crippen LogP contribution >= 0.6 is 22.6 Å². The Kier molecular flexibility index (Phi) is 10.2. The quantitative estimate of drug-likeness (QED) is 0.164. The van der Waals surface area contributed by atoms with Crippen LogP contribution in [0.25, 0.3) is 0 Å². The van der Waals surface area contributed by atoms with Crippen LogP contribution < -0.4 is 3.48 Å². The van der Waals surface area contributed by atoms with Gasteiger partial charge in [-0.3, -0.25) is 0 Å². The van der Waals surface area contributed by atoms with Crippen molar-refractivity contribution in [3.05, 3.63) is 13.2 Å². The molecule has 2 nitrogen and oxygen atoms in total. The van der Waals surface area contributed by atoms with Crippen LogP contribution in [-0.2, 0) is 15.7 Å². The number of rotatable bonds is 12. The normalized spacial score (nSPS) is 18.4. The van der Waals surface area contributed by atoms with Crippen molar-refractivity contribution in [2.45, 2.75) is 116 Å². The summed E-state index contributed by atoms with van der Waals surface area (Å²) in [7, 11) is -0.118. The maximum absolute atomic E-state index is 6.26. The standard InChI is InChI=1S/C22H38BIO2Te/c1-6-7-8-9-10-11-12-13-14-15-16-18-17-19(27-20(18)24)23-25-21(2,3)22(4,5)26-23/h17H,6-16H2,1-5H3. The predicted octanol–water partition coefficient (Wildman–Crippen LogP) is 6.11. The third kappa shape index (κ3) is 7.32. The Balaban J connectivity index is 1.67. The molecule has 0 radical (unpaired) electrons. The summed E-state index contributed by atoms with van der Waals surface area (Å²) in [6, 6.07) is 2.42. The summed E-state index contributed by atoms with van der Waals surface area (Å²) in [5.41, 5.74) is 1.12. The SMILES string of the molecule is CCCCCCCCCCCCc1cc(B2OC(C)(C)C(C)(C)O2)[te]c1I. The van der Waals surface area contributed by atoms with Crippen LogP contribution in [0.5, 0.6) is 0 Å². The molecule has 0 aliphatic carbocycles. The molecule has 1 aromatic heterocycles. The number of unbranched alkanes of at least 4 members (excludes halogenated alkanes) is 9. The van der Waals surface area contributed by atoms with Gasteiger partial charge in [-0.25, -0.2) is 0 Å². The fourth-order valence-corrected chi connectivity index (χ4v) is 8.15. The predicted molar refractivity (Wildman–Crippen MR) is 127 cm³/mol. The van der Waals surface area contributed by atoms with Crippen molar-refractivity contribution in [3.8, 4) is 0 Å². The maximum atomic E-state index is 6.26. The summed E-state index contributed by atoms with van der Waals surface area (Å²) >= 11 is 2.29. The van der Waals surface area contributed by atoms with Gasteiger partial charge in [0, 0.05) is 0 Å². The molecule has 5 heteroatoms. The van der Waals surface area contributed by atoms with Gasteiger partial charge >= 0.3 is 179 Å². The number of hydrogen-bond donors (Lipinski definition) is 0. The van der Waals surface area contributed by atoms with E-state index in [0.29, 0.717) is 0 Å². The molecule has 0 spiro atoms. The molecule has 2 rings (SSSR count). The summed E-state index contributed by atoms with van der Waals surface area (Å²) < 4.78 is 15.6. The van der Waals surface area contributed by atoms with E-state index < -0.39 is 0 Å². The van der Waals surface area contributed by atoms with E-state index in [1.54, 1.807) is 7.15 Å². The third-order valence-electron chi connectivity index (χ3n) is 6.06. The fourth-order valence-electron chi connectivity index (χ4n) is 3.48. The first-order valence-electron chi connectivity index (χ1n) is 10.9. The number of hydrogen-bond acceptors (Lipinski definition) is 2. The molecule has 27 heavy (non-hydrogen) atoms. The Morgan fingerprint density at radius 1 is 0.852 bits per heavy atom. The first-order chi connectivity index (χ1) is 12.8. The molecule has 1 fully saturated rings. The average molecular weight is 600 g/mol. The van der Waals surface area contributed by atoms with Crippen LogP contribution in [0.4, 0.5) is 0 Å². The molecule has 0 N–H and O–H groups in total. The van der Waals surface area contributed by atoms with E-state index >= 15 is 0 Å². The van der Waals surface area contributed by atoms with Gasteiger partial charge in [0.25, 0.3) is 0 Å². The summed E-state index contributed by atoms with van der Waals surface area (Å²) in [6.07, 6.45) is 15.3. The summed E-state index contributed by atoms with van der Waals surface area (Å²) in [5, 5.41) is 0. The van der Waals surface area contributed by atoms with Crippen LogP contribution in [0.3, 0.4) is 0 Å². The van der Waals surface area contributed by atoms with Gasteiger partial charge in [-0.2, -0.15) is 0 Å². The van der Waals surface area contributed by atoms with Gasteiger partial charge in [0.2, 0.25) is 0 Å². The minimum atomic E-state index is -0.285. The van der Waals surface area contributed by atoms with Crippen molar-refractivity contribution >= 4 is 53.6 Å². The molecule has 1 aliphatic rings. The Labute approximate surface area is 191 Å². The van der Waals surface area contributed by atoms with Gasteiger partial charge < -0.3 is 0 Å². The topological polar surface area (TPSA) is 18.5 Å². The zero-order chi connectivity index (χ0) is 19.9. The second-order valence-corrected chi connectivity index (χ2v) is 15.4. The first-order valence-corrected chi connectivity index (χ1v) is 14.3. The second-order valence-electron chi connectivity index (χ2n) is 8.97. The molecular weight excluding hydrogens is 562 g/mol. The van der Waals surface area contributed by atoms with Crippen LogP contribution in [0.2, 0.25) is 0 Å². The molecule has 0 atom stereocenters. The van der Waals surface area contributed by atoms with E-state index in [0.717, 1.165) is 0 Å². The first kappa shape index (κ1) is 24.3. The van der Waals surface area contributed by atoms with Gasteiger partial charge in [-0.05, 0) is 0 Å². The van der Waals surface area contributed by atoms with Gasteiger partial charge in [0.1, 0.15) is 0 Å². The van der Waals surface area contributed by atoms with E-state index in [-0.39, 0.29) is 38.8 Å². The van der Waals surface area contributed by atoms with E-state index in [9.17, 15) is 0 Å². The molecule has 0 bridgehead atoms. The van der Waals surface area contributed by atoms with Crippen molar-refractivity contribution in [2.75, 3.05) is 0 Å². The van der Waals surface area contributed by atoms with E-state index in [4.69, 9.17) is 9.31 Å². The van der Waals surface area contributed by atoms with Crippen molar-refractivity contribution in [1.82, 2.24) is 0 Å². The second kappa shape index (κ2) is 11.4. The number of halogens is 1. The fraction of sp³-hybridized carbons (Fsp3) is 0.818. The molecule has 2 heterocycles. The van der Waals surface area contributed by atoms with Crippen molar-refractivity contribution < 1.29 is 9.31 Å². The molecular formula is C22H38BIO2Te. The Bertz CT molecular complexity index is 555. The molecule has 0 saturated carbocycles. The number of aryl methyl sites for hydroxylation is 1.